The Hall–Kier alpha value is -1.35. The van der Waals surface area contributed by atoms with Crippen molar-refractivity contribution in [1.29, 1.82) is 0 Å². The van der Waals surface area contributed by atoms with E-state index in [1.807, 2.05) is 0 Å². The molecule has 0 saturated carbocycles. The van der Waals surface area contributed by atoms with Gasteiger partial charge in [-0.25, -0.2) is 0 Å². The summed E-state index contributed by atoms with van der Waals surface area (Å²) in [5, 5.41) is 3.49. The highest BCUT2D eigenvalue weighted by atomic mass is 35.5. The summed E-state index contributed by atoms with van der Waals surface area (Å²) in [7, 11) is 0. The summed E-state index contributed by atoms with van der Waals surface area (Å²) in [6.07, 6.45) is 2.27. The second kappa shape index (κ2) is 9.23. The minimum Gasteiger partial charge on any atom is -0.376 e. The van der Waals surface area contributed by atoms with E-state index in [9.17, 15) is 0 Å². The first-order valence-electron chi connectivity index (χ1n) is 9.84. The third kappa shape index (κ3) is 5.57. The van der Waals surface area contributed by atoms with Gasteiger partial charge < -0.3 is 10.1 Å². The second-order valence-electron chi connectivity index (χ2n) is 8.85. The van der Waals surface area contributed by atoms with E-state index in [0.29, 0.717) is 6.61 Å². The van der Waals surface area contributed by atoms with Crippen LogP contribution in [0.2, 0.25) is 0 Å². The number of piperidine rings is 1. The van der Waals surface area contributed by atoms with Crippen molar-refractivity contribution >= 4 is 12.4 Å². The minimum absolute atomic E-state index is 0. The molecule has 1 N–H and O–H groups in total. The summed E-state index contributed by atoms with van der Waals surface area (Å²) in [6.45, 7) is 12.6. The molecule has 0 aliphatic carbocycles. The highest BCUT2D eigenvalue weighted by molar-refractivity contribution is 5.85. The van der Waals surface area contributed by atoms with Crippen LogP contribution in [0.4, 0.5) is 0 Å². The van der Waals surface area contributed by atoms with Gasteiger partial charge in [0.2, 0.25) is 0 Å². The van der Waals surface area contributed by atoms with Crippen molar-refractivity contribution in [2.75, 3.05) is 19.7 Å². The minimum atomic E-state index is 0. The largest absolute Gasteiger partial charge is 0.376 e. The number of rotatable bonds is 5. The number of ether oxygens (including phenoxy) is 1. The van der Waals surface area contributed by atoms with Gasteiger partial charge in [-0.15, -0.1) is 12.4 Å². The molecule has 0 atom stereocenters. The number of benzene rings is 2. The molecule has 0 unspecified atom stereocenters. The quantitative estimate of drug-likeness (QED) is 0.725. The molecule has 0 aromatic heterocycles. The van der Waals surface area contributed by atoms with Crippen LogP contribution in [0.5, 0.6) is 0 Å². The van der Waals surface area contributed by atoms with E-state index in [1.54, 1.807) is 0 Å². The monoisotopic (exact) mass is 387 g/mol. The molecule has 0 bridgehead atoms. The lowest BCUT2D eigenvalue weighted by atomic mass is 9.74. The summed E-state index contributed by atoms with van der Waals surface area (Å²) in [6, 6.07) is 17.8. The first-order valence-corrected chi connectivity index (χ1v) is 9.84. The van der Waals surface area contributed by atoms with Crippen molar-refractivity contribution in [3.8, 4) is 0 Å². The van der Waals surface area contributed by atoms with Gasteiger partial charge in [-0.3, -0.25) is 0 Å². The third-order valence-electron chi connectivity index (χ3n) is 5.60. The van der Waals surface area contributed by atoms with Gasteiger partial charge in [0.05, 0.1) is 13.2 Å². The molecule has 0 spiro atoms. The van der Waals surface area contributed by atoms with Gasteiger partial charge in [0, 0.05) is 5.41 Å². The Morgan fingerprint density at radius 3 is 2.30 bits per heavy atom. The van der Waals surface area contributed by atoms with Crippen LogP contribution < -0.4 is 5.32 Å². The fraction of sp³-hybridized carbons (Fsp3) is 0.500. The second-order valence-corrected chi connectivity index (χ2v) is 8.85. The Balaban J connectivity index is 0.00000261. The molecule has 148 valence electrons. The molecule has 2 aromatic rings. The standard InChI is InChI=1S/C24H33NO.ClH/c1-19-14-20(16-22(15-19)23(2,3)4)17-26-18-24(10-12-25-13-11-24)21-8-6-5-7-9-21;/h5-9,14-16,25H,10-13,17-18H2,1-4H3;1H. The highest BCUT2D eigenvalue weighted by Gasteiger charge is 2.34. The maximum atomic E-state index is 6.31. The van der Waals surface area contributed by atoms with Crippen LogP contribution in [-0.4, -0.2) is 19.7 Å². The lowest BCUT2D eigenvalue weighted by Crippen LogP contribution is -2.43. The van der Waals surface area contributed by atoms with Gasteiger partial charge in [-0.2, -0.15) is 0 Å². The Morgan fingerprint density at radius 1 is 1.00 bits per heavy atom. The van der Waals surface area contributed by atoms with E-state index < -0.39 is 0 Å². The Labute approximate surface area is 171 Å². The van der Waals surface area contributed by atoms with Crippen molar-refractivity contribution in [2.45, 2.75) is 58.0 Å². The molecule has 3 heteroatoms. The van der Waals surface area contributed by atoms with Gasteiger partial charge in [-0.05, 0) is 55.0 Å². The van der Waals surface area contributed by atoms with Crippen LogP contribution in [0.15, 0.2) is 48.5 Å². The average Bonchev–Trinajstić information content (AvgIpc) is 2.62. The van der Waals surface area contributed by atoms with E-state index >= 15 is 0 Å². The van der Waals surface area contributed by atoms with Crippen molar-refractivity contribution in [2.24, 2.45) is 0 Å². The maximum Gasteiger partial charge on any atom is 0.0717 e. The molecule has 27 heavy (non-hydrogen) atoms. The van der Waals surface area contributed by atoms with E-state index in [4.69, 9.17) is 4.74 Å². The van der Waals surface area contributed by atoms with Crippen LogP contribution in [0, 0.1) is 6.92 Å². The zero-order valence-corrected chi connectivity index (χ0v) is 18.0. The Bertz CT molecular complexity index is 715. The lowest BCUT2D eigenvalue weighted by Gasteiger charge is -2.38. The molecule has 1 heterocycles. The molecule has 1 fully saturated rings. The van der Waals surface area contributed by atoms with E-state index in [-0.39, 0.29) is 23.2 Å². The predicted octanol–water partition coefficient (Wildman–Crippen LogP) is 5.55. The molecular weight excluding hydrogens is 354 g/mol. The van der Waals surface area contributed by atoms with E-state index in [2.05, 4.69) is 81.5 Å². The number of halogens is 1. The van der Waals surface area contributed by atoms with Crippen LogP contribution in [0.1, 0.15) is 55.9 Å². The number of hydrogen-bond acceptors (Lipinski definition) is 2. The zero-order valence-electron chi connectivity index (χ0n) is 17.2. The van der Waals surface area contributed by atoms with Crippen LogP contribution >= 0.6 is 12.4 Å². The van der Waals surface area contributed by atoms with Crippen molar-refractivity contribution in [3.05, 3.63) is 70.8 Å². The first-order chi connectivity index (χ1) is 12.4. The van der Waals surface area contributed by atoms with Crippen molar-refractivity contribution in [1.82, 2.24) is 5.32 Å². The van der Waals surface area contributed by atoms with Gasteiger partial charge in [0.25, 0.3) is 0 Å². The summed E-state index contributed by atoms with van der Waals surface area (Å²) in [4.78, 5) is 0. The molecule has 1 aliphatic heterocycles. The SMILES string of the molecule is Cc1cc(COCC2(c3ccccc3)CCNCC2)cc(C(C)(C)C)c1.Cl. The number of aryl methyl sites for hydroxylation is 1. The van der Waals surface area contributed by atoms with Gasteiger partial charge in [-0.1, -0.05) is 74.9 Å². The average molecular weight is 388 g/mol. The number of hydrogen-bond donors (Lipinski definition) is 1. The van der Waals surface area contributed by atoms with Crippen LogP contribution in [0.25, 0.3) is 0 Å². The first kappa shape index (κ1) is 21.9. The Kier molecular flexibility index (Phi) is 7.50. The van der Waals surface area contributed by atoms with Crippen molar-refractivity contribution < 1.29 is 4.74 Å². The predicted molar refractivity (Wildman–Crippen MR) is 117 cm³/mol. The maximum absolute atomic E-state index is 6.31. The van der Waals surface area contributed by atoms with Gasteiger partial charge in [0.15, 0.2) is 0 Å². The molecule has 0 amide bonds. The lowest BCUT2D eigenvalue weighted by molar-refractivity contribution is 0.0564. The zero-order chi connectivity index (χ0) is 18.6. The summed E-state index contributed by atoms with van der Waals surface area (Å²) in [5.74, 6) is 0. The number of nitrogens with one attached hydrogen (secondary N) is 1. The topological polar surface area (TPSA) is 21.3 Å². The van der Waals surface area contributed by atoms with Gasteiger partial charge >= 0.3 is 0 Å². The normalized spacial score (nSPS) is 16.6. The molecule has 2 aromatic carbocycles. The molecule has 1 aliphatic rings. The molecule has 1 saturated heterocycles. The van der Waals surface area contributed by atoms with Crippen LogP contribution in [-0.2, 0) is 22.2 Å². The van der Waals surface area contributed by atoms with E-state index in [0.717, 1.165) is 32.5 Å². The Morgan fingerprint density at radius 2 is 1.67 bits per heavy atom. The fourth-order valence-electron chi connectivity index (χ4n) is 3.96. The summed E-state index contributed by atoms with van der Waals surface area (Å²) in [5.41, 5.74) is 5.71. The fourth-order valence-corrected chi connectivity index (χ4v) is 3.96. The summed E-state index contributed by atoms with van der Waals surface area (Å²) >= 11 is 0. The van der Waals surface area contributed by atoms with E-state index in [1.165, 1.54) is 22.3 Å². The molecular formula is C24H34ClNO. The van der Waals surface area contributed by atoms with Gasteiger partial charge in [0.1, 0.15) is 0 Å². The summed E-state index contributed by atoms with van der Waals surface area (Å²) < 4.78 is 6.31. The molecule has 2 nitrogen and oxygen atoms in total. The molecule has 0 radical (unpaired) electrons. The highest BCUT2D eigenvalue weighted by Crippen LogP contribution is 2.34. The smallest absolute Gasteiger partial charge is 0.0717 e. The van der Waals surface area contributed by atoms with Crippen LogP contribution in [0.3, 0.4) is 0 Å². The third-order valence-corrected chi connectivity index (χ3v) is 5.60. The molecule has 3 rings (SSSR count). The van der Waals surface area contributed by atoms with Crippen molar-refractivity contribution in [3.63, 3.8) is 0 Å².